The SMILES string of the molecule is COc1cccc(NC(=O)C(OC(=O)c2ccccc2Sc2ccccc2C#N)c2ccccc2)c1. The van der Waals surface area contributed by atoms with E-state index in [0.29, 0.717) is 33.0 Å². The van der Waals surface area contributed by atoms with Crippen LogP contribution < -0.4 is 10.1 Å². The highest BCUT2D eigenvalue weighted by atomic mass is 32.2. The van der Waals surface area contributed by atoms with Gasteiger partial charge in [-0.25, -0.2) is 4.79 Å². The number of methoxy groups -OCH3 is 1. The number of esters is 1. The van der Waals surface area contributed by atoms with Gasteiger partial charge in [0.2, 0.25) is 6.10 Å². The summed E-state index contributed by atoms with van der Waals surface area (Å²) in [6.07, 6.45) is -1.19. The monoisotopic (exact) mass is 494 g/mol. The third-order valence-electron chi connectivity index (χ3n) is 5.24. The average molecular weight is 495 g/mol. The summed E-state index contributed by atoms with van der Waals surface area (Å²) in [6.45, 7) is 0. The largest absolute Gasteiger partial charge is 0.497 e. The molecule has 4 rings (SSSR count). The first-order chi connectivity index (χ1) is 17.6. The molecule has 0 heterocycles. The number of carbonyl (C=O) groups excluding carboxylic acids is 2. The summed E-state index contributed by atoms with van der Waals surface area (Å²) in [4.78, 5) is 28.0. The van der Waals surface area contributed by atoms with Crippen LogP contribution >= 0.6 is 11.8 Å². The summed E-state index contributed by atoms with van der Waals surface area (Å²) in [5.41, 5.74) is 1.85. The smallest absolute Gasteiger partial charge is 0.340 e. The summed E-state index contributed by atoms with van der Waals surface area (Å²) < 4.78 is 11.0. The molecule has 178 valence electrons. The summed E-state index contributed by atoms with van der Waals surface area (Å²) in [5.74, 6) is -0.561. The van der Waals surface area contributed by atoms with E-state index >= 15 is 0 Å². The van der Waals surface area contributed by atoms with E-state index in [1.807, 2.05) is 18.2 Å². The first kappa shape index (κ1) is 24.6. The molecule has 0 bridgehead atoms. The van der Waals surface area contributed by atoms with Crippen molar-refractivity contribution >= 4 is 29.3 Å². The number of amides is 1. The lowest BCUT2D eigenvalue weighted by Crippen LogP contribution is -2.26. The number of nitrogens with one attached hydrogen (secondary N) is 1. The Morgan fingerprint density at radius 1 is 0.861 bits per heavy atom. The van der Waals surface area contributed by atoms with Gasteiger partial charge in [0.05, 0.1) is 18.2 Å². The molecule has 4 aromatic carbocycles. The molecule has 0 fully saturated rings. The van der Waals surface area contributed by atoms with Crippen LogP contribution in [0.5, 0.6) is 5.75 Å². The highest BCUT2D eigenvalue weighted by Gasteiger charge is 2.27. The summed E-state index contributed by atoms with van der Waals surface area (Å²) >= 11 is 1.29. The second-order valence-electron chi connectivity index (χ2n) is 7.62. The van der Waals surface area contributed by atoms with Crippen LogP contribution in [0, 0.1) is 11.3 Å². The number of ether oxygens (including phenoxy) is 2. The van der Waals surface area contributed by atoms with E-state index < -0.39 is 18.0 Å². The van der Waals surface area contributed by atoms with Crippen LogP contribution in [0.4, 0.5) is 5.69 Å². The van der Waals surface area contributed by atoms with Crippen molar-refractivity contribution in [3.05, 3.63) is 120 Å². The Kier molecular flexibility index (Phi) is 8.01. The van der Waals surface area contributed by atoms with Crippen molar-refractivity contribution in [2.45, 2.75) is 15.9 Å². The van der Waals surface area contributed by atoms with Crippen molar-refractivity contribution in [2.24, 2.45) is 0 Å². The number of anilines is 1. The summed E-state index contributed by atoms with van der Waals surface area (Å²) in [5, 5.41) is 12.2. The van der Waals surface area contributed by atoms with Gasteiger partial charge in [0, 0.05) is 27.1 Å². The molecule has 0 radical (unpaired) electrons. The molecule has 1 atom stereocenters. The highest BCUT2D eigenvalue weighted by molar-refractivity contribution is 7.99. The number of benzene rings is 4. The highest BCUT2D eigenvalue weighted by Crippen LogP contribution is 2.34. The molecule has 1 N–H and O–H groups in total. The van der Waals surface area contributed by atoms with Crippen molar-refractivity contribution in [1.82, 2.24) is 0 Å². The Bertz CT molecular complexity index is 1420. The maximum atomic E-state index is 13.4. The van der Waals surface area contributed by atoms with Crippen molar-refractivity contribution in [3.8, 4) is 11.8 Å². The lowest BCUT2D eigenvalue weighted by Gasteiger charge is -2.19. The molecule has 0 saturated carbocycles. The number of carbonyl (C=O) groups is 2. The van der Waals surface area contributed by atoms with Crippen molar-refractivity contribution < 1.29 is 19.1 Å². The summed E-state index contributed by atoms with van der Waals surface area (Å²) in [7, 11) is 1.54. The Labute approximate surface area is 213 Å². The minimum absolute atomic E-state index is 0.297. The average Bonchev–Trinajstić information content (AvgIpc) is 2.92. The van der Waals surface area contributed by atoms with Crippen molar-refractivity contribution in [3.63, 3.8) is 0 Å². The molecule has 0 aliphatic heterocycles. The van der Waals surface area contributed by atoms with Crippen LogP contribution in [-0.4, -0.2) is 19.0 Å². The fourth-order valence-electron chi connectivity index (χ4n) is 3.47. The van der Waals surface area contributed by atoms with Gasteiger partial charge in [0.1, 0.15) is 11.8 Å². The molecular weight excluding hydrogens is 472 g/mol. The van der Waals surface area contributed by atoms with Crippen LogP contribution in [0.25, 0.3) is 0 Å². The lowest BCUT2D eigenvalue weighted by atomic mass is 10.1. The van der Waals surface area contributed by atoms with Crippen LogP contribution in [0.1, 0.15) is 27.6 Å². The fourth-order valence-corrected chi connectivity index (χ4v) is 4.49. The molecule has 1 amide bonds. The van der Waals surface area contributed by atoms with E-state index in [-0.39, 0.29) is 0 Å². The molecule has 7 heteroatoms. The van der Waals surface area contributed by atoms with E-state index in [9.17, 15) is 14.9 Å². The van der Waals surface area contributed by atoms with Gasteiger partial charge in [-0.15, -0.1) is 0 Å². The van der Waals surface area contributed by atoms with Crippen LogP contribution in [0.2, 0.25) is 0 Å². The molecule has 0 aliphatic rings. The van der Waals surface area contributed by atoms with E-state index in [1.165, 1.54) is 11.8 Å². The molecule has 4 aromatic rings. The Hall–Kier alpha value is -4.54. The molecule has 1 unspecified atom stereocenters. The van der Waals surface area contributed by atoms with Gasteiger partial charge in [-0.1, -0.05) is 72.4 Å². The predicted molar refractivity (Wildman–Crippen MR) is 138 cm³/mol. The number of rotatable bonds is 8. The normalized spacial score (nSPS) is 11.1. The van der Waals surface area contributed by atoms with E-state index in [4.69, 9.17) is 9.47 Å². The second kappa shape index (κ2) is 11.7. The second-order valence-corrected chi connectivity index (χ2v) is 8.71. The van der Waals surface area contributed by atoms with Crippen LogP contribution in [-0.2, 0) is 9.53 Å². The number of nitrogens with zero attached hydrogens (tertiary/aromatic N) is 1. The number of hydrogen-bond acceptors (Lipinski definition) is 6. The number of hydrogen-bond donors (Lipinski definition) is 1. The molecule has 0 saturated heterocycles. The molecule has 6 nitrogen and oxygen atoms in total. The third-order valence-corrected chi connectivity index (χ3v) is 6.39. The lowest BCUT2D eigenvalue weighted by molar-refractivity contribution is -0.125. The van der Waals surface area contributed by atoms with Crippen LogP contribution in [0.3, 0.4) is 0 Å². The first-order valence-corrected chi connectivity index (χ1v) is 11.9. The third kappa shape index (κ3) is 5.93. The maximum Gasteiger partial charge on any atom is 0.340 e. The Balaban J connectivity index is 1.61. The fraction of sp³-hybridized carbons (Fsp3) is 0.0690. The predicted octanol–water partition coefficient (Wildman–Crippen LogP) is 6.25. The molecule has 0 aromatic heterocycles. The molecule has 0 spiro atoms. The zero-order valence-electron chi connectivity index (χ0n) is 19.4. The van der Waals surface area contributed by atoms with E-state index in [1.54, 1.807) is 92.0 Å². The van der Waals surface area contributed by atoms with Gasteiger partial charge in [-0.3, -0.25) is 4.79 Å². The van der Waals surface area contributed by atoms with Gasteiger partial charge >= 0.3 is 5.97 Å². The van der Waals surface area contributed by atoms with Gasteiger partial charge in [0.15, 0.2) is 0 Å². The quantitative estimate of drug-likeness (QED) is 0.291. The Morgan fingerprint density at radius 3 is 2.31 bits per heavy atom. The van der Waals surface area contributed by atoms with E-state index in [0.717, 1.165) is 4.90 Å². The van der Waals surface area contributed by atoms with Gasteiger partial charge < -0.3 is 14.8 Å². The van der Waals surface area contributed by atoms with Gasteiger partial charge in [-0.05, 0) is 36.4 Å². The van der Waals surface area contributed by atoms with Gasteiger partial charge in [-0.2, -0.15) is 5.26 Å². The van der Waals surface area contributed by atoms with Crippen molar-refractivity contribution in [2.75, 3.05) is 12.4 Å². The zero-order valence-corrected chi connectivity index (χ0v) is 20.2. The molecule has 0 aliphatic carbocycles. The van der Waals surface area contributed by atoms with Gasteiger partial charge in [0.25, 0.3) is 5.91 Å². The molecule has 36 heavy (non-hydrogen) atoms. The minimum Gasteiger partial charge on any atom is -0.497 e. The van der Waals surface area contributed by atoms with Crippen LogP contribution in [0.15, 0.2) is 113 Å². The van der Waals surface area contributed by atoms with E-state index in [2.05, 4.69) is 11.4 Å². The maximum absolute atomic E-state index is 13.4. The summed E-state index contributed by atoms with van der Waals surface area (Å²) in [6, 6.07) is 32.0. The standard InChI is InChI=1S/C29H22N2O4S/c1-34-23-14-9-13-22(18-23)31-28(32)27(20-10-3-2-4-11-20)35-29(33)24-15-6-8-17-26(24)36-25-16-7-5-12-21(25)19-30/h2-18,27H,1H3,(H,31,32). The first-order valence-electron chi connectivity index (χ1n) is 11.1. The number of nitriles is 1. The molecular formula is C29H22N2O4S. The zero-order chi connectivity index (χ0) is 25.3. The minimum atomic E-state index is -1.19. The topological polar surface area (TPSA) is 88.4 Å². The Morgan fingerprint density at radius 2 is 1.56 bits per heavy atom. The van der Waals surface area contributed by atoms with Crippen molar-refractivity contribution in [1.29, 1.82) is 5.26 Å².